The van der Waals surface area contributed by atoms with Crippen LogP contribution in [0.1, 0.15) is 0 Å². The lowest BCUT2D eigenvalue weighted by atomic mass is 9.80. The Labute approximate surface area is 237 Å². The summed E-state index contributed by atoms with van der Waals surface area (Å²) >= 11 is 0. The van der Waals surface area contributed by atoms with E-state index in [2.05, 4.69) is 0 Å². The molecule has 0 bridgehead atoms. The lowest BCUT2D eigenvalue weighted by Crippen LogP contribution is -2.70. The van der Waals surface area contributed by atoms with Gasteiger partial charge in [0.2, 0.25) is 0 Å². The first kappa shape index (κ1) is 38.6. The van der Waals surface area contributed by atoms with Crippen molar-refractivity contribution in [3.8, 4) is 0 Å². The minimum absolute atomic E-state index is 0.0317. The topological polar surface area (TPSA) is 365 Å². The van der Waals surface area contributed by atoms with E-state index in [9.17, 15) is 70.9 Å². The van der Waals surface area contributed by atoms with Gasteiger partial charge in [-0.2, -0.15) is 0 Å². The van der Waals surface area contributed by atoms with Gasteiger partial charge in [-0.1, -0.05) is 0 Å². The fraction of sp³-hybridized carbons (Fsp3) is 0.909. The molecule has 248 valence electrons. The van der Waals surface area contributed by atoms with E-state index in [-0.39, 0.29) is 12.6 Å². The van der Waals surface area contributed by atoms with Gasteiger partial charge in [-0.05, 0) is 0 Å². The molecule has 42 heavy (non-hydrogen) atoms. The van der Waals surface area contributed by atoms with E-state index in [1.807, 2.05) is 0 Å². The zero-order valence-electron chi connectivity index (χ0n) is 21.9. The van der Waals surface area contributed by atoms with Crippen LogP contribution in [0.2, 0.25) is 0 Å². The van der Waals surface area contributed by atoms with Gasteiger partial charge in [-0.15, -0.1) is 0 Å². The molecule has 0 aromatic rings. The van der Waals surface area contributed by atoms with Gasteiger partial charge in [0.1, 0.15) is 91.1 Å². The predicted molar refractivity (Wildman–Crippen MR) is 128 cm³/mol. The van der Waals surface area contributed by atoms with E-state index in [0.717, 1.165) is 0 Å². The van der Waals surface area contributed by atoms with E-state index in [1.165, 1.54) is 0 Å². The lowest BCUT2D eigenvalue weighted by Gasteiger charge is -2.47. The Kier molecular flexibility index (Phi) is 15.8. The van der Waals surface area contributed by atoms with Crippen LogP contribution in [0, 0.1) is 0 Å². The SMILES string of the molecule is O=C[C@H](O)[C@@H](O)[C@@H](CO)O[C@@H]1O[C@H](CO)[C@H](O)[C@H](O)[C@H]1O.O=C[C@H](O)[C@@H](O)[C@](O)(CO)C1O[C@H](CO)[C@H](O)[C@H](O)[C@H]1O. The molecule has 0 aromatic carbocycles. The van der Waals surface area contributed by atoms with Gasteiger partial charge in [-0.25, -0.2) is 0 Å². The van der Waals surface area contributed by atoms with Crippen molar-refractivity contribution >= 4 is 12.6 Å². The highest BCUT2D eigenvalue weighted by atomic mass is 16.7. The largest absolute Gasteiger partial charge is 0.394 e. The van der Waals surface area contributed by atoms with E-state index >= 15 is 0 Å². The molecule has 2 fully saturated rings. The fourth-order valence-corrected chi connectivity index (χ4v) is 4.12. The zero-order valence-corrected chi connectivity index (χ0v) is 21.9. The number of aliphatic hydroxyl groups excluding tert-OH is 14. The predicted octanol–water partition coefficient (Wildman–Crippen LogP) is -10.4. The van der Waals surface area contributed by atoms with Gasteiger partial charge in [0, 0.05) is 0 Å². The van der Waals surface area contributed by atoms with Crippen molar-refractivity contribution in [3.05, 3.63) is 0 Å². The monoisotopic (exact) mass is 624 g/mol. The van der Waals surface area contributed by atoms with Crippen molar-refractivity contribution in [1.82, 2.24) is 0 Å². The van der Waals surface area contributed by atoms with Crippen LogP contribution in [0.15, 0.2) is 0 Å². The summed E-state index contributed by atoms with van der Waals surface area (Å²) in [4.78, 5) is 20.9. The highest BCUT2D eigenvalue weighted by Gasteiger charge is 2.56. The molecular formula is C22H40O20. The van der Waals surface area contributed by atoms with Crippen LogP contribution in [-0.2, 0) is 23.8 Å². The highest BCUT2D eigenvalue weighted by molar-refractivity contribution is 5.57. The van der Waals surface area contributed by atoms with E-state index in [0.29, 0.717) is 0 Å². The van der Waals surface area contributed by atoms with E-state index in [4.69, 9.17) is 29.5 Å². The molecule has 16 atom stereocenters. The van der Waals surface area contributed by atoms with Crippen LogP contribution < -0.4 is 0 Å². The molecule has 2 rings (SSSR count). The normalized spacial score (nSPS) is 38.5. The van der Waals surface area contributed by atoms with Crippen LogP contribution in [0.4, 0.5) is 0 Å². The minimum atomic E-state index is -2.71. The Balaban J connectivity index is 0.000000420. The first-order valence-electron chi connectivity index (χ1n) is 12.4. The summed E-state index contributed by atoms with van der Waals surface area (Å²) in [6.07, 6.45) is -26.1. The maximum absolute atomic E-state index is 10.5. The Morgan fingerprint density at radius 1 is 0.690 bits per heavy atom. The molecule has 2 aliphatic heterocycles. The molecular weight excluding hydrogens is 584 g/mol. The van der Waals surface area contributed by atoms with Crippen molar-refractivity contribution in [3.63, 3.8) is 0 Å². The Morgan fingerprint density at radius 3 is 1.60 bits per heavy atom. The molecule has 2 aliphatic rings. The summed E-state index contributed by atoms with van der Waals surface area (Å²) in [5, 5.41) is 142. The van der Waals surface area contributed by atoms with Crippen molar-refractivity contribution < 1.29 is 100 Å². The second kappa shape index (κ2) is 17.2. The molecule has 0 amide bonds. The average molecular weight is 625 g/mol. The first-order chi connectivity index (χ1) is 19.6. The van der Waals surface area contributed by atoms with Crippen molar-refractivity contribution in [2.75, 3.05) is 26.4 Å². The van der Waals surface area contributed by atoms with Crippen molar-refractivity contribution in [2.45, 2.75) is 97.3 Å². The molecule has 0 saturated carbocycles. The lowest BCUT2D eigenvalue weighted by molar-refractivity contribution is -0.320. The molecule has 2 heterocycles. The van der Waals surface area contributed by atoms with E-state index < -0.39 is 124 Å². The average Bonchev–Trinajstić information content (AvgIpc) is 3.00. The van der Waals surface area contributed by atoms with Crippen molar-refractivity contribution in [2.24, 2.45) is 0 Å². The van der Waals surface area contributed by atoms with Crippen LogP contribution in [0.3, 0.4) is 0 Å². The molecule has 20 nitrogen and oxygen atoms in total. The van der Waals surface area contributed by atoms with Gasteiger partial charge >= 0.3 is 0 Å². The molecule has 0 aromatic heterocycles. The van der Waals surface area contributed by atoms with Gasteiger partial charge in [0.05, 0.1) is 26.4 Å². The molecule has 1 unspecified atom stereocenters. The highest BCUT2D eigenvalue weighted by Crippen LogP contribution is 2.31. The smallest absolute Gasteiger partial charge is 0.187 e. The minimum Gasteiger partial charge on any atom is -0.394 e. The summed E-state index contributed by atoms with van der Waals surface area (Å²) in [6.45, 7) is -3.51. The molecule has 20 heteroatoms. The summed E-state index contributed by atoms with van der Waals surface area (Å²) < 4.78 is 15.0. The van der Waals surface area contributed by atoms with Crippen molar-refractivity contribution in [1.29, 1.82) is 0 Å². The molecule has 2 saturated heterocycles. The molecule has 15 N–H and O–H groups in total. The van der Waals surface area contributed by atoms with Crippen LogP contribution in [0.25, 0.3) is 0 Å². The maximum Gasteiger partial charge on any atom is 0.187 e. The van der Waals surface area contributed by atoms with Gasteiger partial charge in [0.25, 0.3) is 0 Å². The van der Waals surface area contributed by atoms with E-state index in [1.54, 1.807) is 0 Å². The summed E-state index contributed by atoms with van der Waals surface area (Å²) in [7, 11) is 0. The number of carbonyl (C=O) groups excluding carboxylic acids is 2. The van der Waals surface area contributed by atoms with Gasteiger partial charge in [0.15, 0.2) is 18.9 Å². The van der Waals surface area contributed by atoms with Crippen LogP contribution >= 0.6 is 0 Å². The standard InChI is InChI=1S/2C11H20O10/c12-1-4(15)9(19)11(20,3-14)10-8(18)7(17)6(16)5(2-13)21-10;12-1-4(15)7(16)5(2-13)20-11-10(19)9(18)8(17)6(3-14)21-11/h1,4-10,13-20H,2-3H2;1,4-11,13-19H,2-3H2/t4-,5+,6-,7-,8+,9+,10?,11+;4-,5+,6+,7+,8-,9-,10+,11+/m00/s1. The Hall–Kier alpha value is -1.38. The Bertz CT molecular complexity index is 802. The second-order valence-corrected chi connectivity index (χ2v) is 9.64. The number of aldehydes is 2. The summed E-state index contributed by atoms with van der Waals surface area (Å²) in [5.41, 5.74) is -2.71. The fourth-order valence-electron chi connectivity index (χ4n) is 4.12. The number of carbonyl (C=O) groups is 2. The molecule has 0 aliphatic carbocycles. The van der Waals surface area contributed by atoms with Crippen LogP contribution in [0.5, 0.6) is 0 Å². The summed E-state index contributed by atoms with van der Waals surface area (Å²) in [6, 6.07) is 0. The van der Waals surface area contributed by atoms with Gasteiger partial charge in [-0.3, -0.25) is 0 Å². The third-order valence-corrected chi connectivity index (χ3v) is 6.82. The molecule has 0 radical (unpaired) electrons. The third kappa shape index (κ3) is 8.62. The number of ether oxygens (including phenoxy) is 3. The van der Waals surface area contributed by atoms with Crippen LogP contribution in [-0.4, -0.2) is 213 Å². The molecule has 0 spiro atoms. The van der Waals surface area contributed by atoms with Gasteiger partial charge < -0.3 is 100 Å². The number of hydrogen-bond acceptors (Lipinski definition) is 20. The zero-order chi connectivity index (χ0) is 32.5. The number of aliphatic hydroxyl groups is 15. The Morgan fingerprint density at radius 2 is 1.17 bits per heavy atom. The number of rotatable bonds is 13. The number of hydrogen-bond donors (Lipinski definition) is 15. The third-order valence-electron chi connectivity index (χ3n) is 6.82. The first-order valence-corrected chi connectivity index (χ1v) is 12.4. The second-order valence-electron chi connectivity index (χ2n) is 9.64. The quantitative estimate of drug-likeness (QED) is 0.0845. The maximum atomic E-state index is 10.5. The summed E-state index contributed by atoms with van der Waals surface area (Å²) in [5.74, 6) is 0.